The van der Waals surface area contributed by atoms with Crippen molar-refractivity contribution in [3.8, 4) is 0 Å². The molecule has 0 radical (unpaired) electrons. The lowest BCUT2D eigenvalue weighted by atomic mass is 9.80. The van der Waals surface area contributed by atoms with Gasteiger partial charge in [-0.25, -0.2) is 4.79 Å². The topological polar surface area (TPSA) is 40.5 Å². The molecule has 162 valence electrons. The van der Waals surface area contributed by atoms with E-state index in [1.165, 1.54) is 7.11 Å². The molecule has 1 aliphatic carbocycles. The fourth-order valence-electron chi connectivity index (χ4n) is 4.03. The smallest absolute Gasteiger partial charge is 0.392 e. The molecule has 1 aromatic heterocycles. The highest BCUT2D eigenvalue weighted by Crippen LogP contribution is 2.45. The molecule has 4 nitrogen and oxygen atoms in total. The third-order valence-electron chi connectivity index (χ3n) is 5.53. The van der Waals surface area contributed by atoms with Crippen LogP contribution in [0.2, 0.25) is 0 Å². The first-order valence-corrected chi connectivity index (χ1v) is 9.96. The van der Waals surface area contributed by atoms with E-state index in [1.54, 1.807) is 29.8 Å². The van der Waals surface area contributed by atoms with Crippen LogP contribution in [0.25, 0.3) is 0 Å². The Morgan fingerprint density at radius 1 is 1.23 bits per heavy atom. The first-order chi connectivity index (χ1) is 14.3. The van der Waals surface area contributed by atoms with Gasteiger partial charge in [0.25, 0.3) is 0 Å². The molecule has 0 spiro atoms. The molecule has 2 atom stereocenters. The zero-order valence-corrected chi connectivity index (χ0v) is 17.1. The van der Waals surface area contributed by atoms with E-state index in [4.69, 9.17) is 9.47 Å². The summed E-state index contributed by atoms with van der Waals surface area (Å²) in [7, 11) is 1.26. The van der Waals surface area contributed by atoms with E-state index >= 15 is 0 Å². The number of halogens is 3. The highest BCUT2D eigenvalue weighted by Gasteiger charge is 2.46. The summed E-state index contributed by atoms with van der Waals surface area (Å²) in [5, 5.41) is 0. The Bertz CT molecular complexity index is 887. The number of esters is 1. The molecule has 3 rings (SSSR count). The summed E-state index contributed by atoms with van der Waals surface area (Å²) < 4.78 is 53.4. The van der Waals surface area contributed by atoms with E-state index in [2.05, 4.69) is 0 Å². The number of hydrogen-bond donors (Lipinski definition) is 0. The van der Waals surface area contributed by atoms with Crippen LogP contribution in [0.1, 0.15) is 45.9 Å². The van der Waals surface area contributed by atoms with Gasteiger partial charge in [-0.05, 0) is 30.9 Å². The fraction of sp³-hybridized carbons (Fsp3) is 0.435. The fourth-order valence-corrected chi connectivity index (χ4v) is 4.03. The Morgan fingerprint density at radius 2 is 1.97 bits per heavy atom. The van der Waals surface area contributed by atoms with Crippen LogP contribution in [0.5, 0.6) is 0 Å². The van der Waals surface area contributed by atoms with Gasteiger partial charge in [0, 0.05) is 24.4 Å². The zero-order valence-electron chi connectivity index (χ0n) is 17.1. The van der Waals surface area contributed by atoms with Gasteiger partial charge in [-0.3, -0.25) is 0 Å². The average Bonchev–Trinajstić information content (AvgIpc) is 3.06. The number of rotatable bonds is 7. The number of nitrogens with zero attached hydrogens (tertiary/aromatic N) is 1. The molecule has 2 aromatic rings. The summed E-state index contributed by atoms with van der Waals surface area (Å²) in [4.78, 5) is 12.2. The minimum Gasteiger partial charge on any atom is -0.465 e. The largest absolute Gasteiger partial charge is 0.465 e. The standard InChI is InChI=1S/C23H26F3NO3/c1-16-19(22(28)29-2)14-27(12-13-30-15-17-8-4-3-5-9-17)21(16)18-10-6-7-11-20(18)23(24,25)26/h3-6,8-10,14,18,20H,7,11-13,15H2,1-2H3/t18-,20+/m1/s1. The molecular weight excluding hydrogens is 395 g/mol. The normalized spacial score (nSPS) is 19.1. The summed E-state index contributed by atoms with van der Waals surface area (Å²) in [6.07, 6.45) is 1.10. The van der Waals surface area contributed by atoms with E-state index in [-0.39, 0.29) is 12.0 Å². The minimum atomic E-state index is -4.31. The van der Waals surface area contributed by atoms with E-state index in [0.717, 1.165) is 5.56 Å². The highest BCUT2D eigenvalue weighted by atomic mass is 19.4. The third kappa shape index (κ3) is 4.95. The van der Waals surface area contributed by atoms with Gasteiger partial charge < -0.3 is 14.0 Å². The van der Waals surface area contributed by atoms with Gasteiger partial charge in [-0.1, -0.05) is 42.5 Å². The van der Waals surface area contributed by atoms with Crippen molar-refractivity contribution in [1.82, 2.24) is 4.57 Å². The number of carbonyl (C=O) groups is 1. The predicted molar refractivity (Wildman–Crippen MR) is 107 cm³/mol. The van der Waals surface area contributed by atoms with Crippen molar-refractivity contribution < 1.29 is 27.4 Å². The lowest BCUT2D eigenvalue weighted by Gasteiger charge is -2.31. The van der Waals surface area contributed by atoms with Crippen molar-refractivity contribution in [3.05, 3.63) is 71.1 Å². The van der Waals surface area contributed by atoms with Gasteiger partial charge in [0.15, 0.2) is 0 Å². The van der Waals surface area contributed by atoms with Crippen molar-refractivity contribution in [2.45, 2.75) is 45.0 Å². The lowest BCUT2D eigenvalue weighted by Crippen LogP contribution is -2.31. The van der Waals surface area contributed by atoms with Gasteiger partial charge in [0.1, 0.15) is 0 Å². The molecule has 0 saturated carbocycles. The quantitative estimate of drug-likeness (QED) is 0.341. The summed E-state index contributed by atoms with van der Waals surface area (Å²) in [5.41, 5.74) is 2.33. The Balaban J connectivity index is 1.85. The number of methoxy groups -OCH3 is 1. The first-order valence-electron chi connectivity index (χ1n) is 9.96. The number of hydrogen-bond acceptors (Lipinski definition) is 3. The maximum atomic E-state index is 13.7. The van der Waals surface area contributed by atoms with Crippen LogP contribution in [0.3, 0.4) is 0 Å². The lowest BCUT2D eigenvalue weighted by molar-refractivity contribution is -0.180. The maximum Gasteiger partial charge on any atom is 0.392 e. The first kappa shape index (κ1) is 22.2. The Hall–Kier alpha value is -2.54. The van der Waals surface area contributed by atoms with Crippen LogP contribution in [0, 0.1) is 12.8 Å². The third-order valence-corrected chi connectivity index (χ3v) is 5.53. The van der Waals surface area contributed by atoms with E-state index in [1.807, 2.05) is 30.3 Å². The maximum absolute atomic E-state index is 13.7. The van der Waals surface area contributed by atoms with Crippen molar-refractivity contribution in [1.29, 1.82) is 0 Å². The number of ether oxygens (including phenoxy) is 2. The van der Waals surface area contributed by atoms with E-state index in [0.29, 0.717) is 37.4 Å². The monoisotopic (exact) mass is 421 g/mol. The molecule has 1 aromatic carbocycles. The molecule has 0 amide bonds. The van der Waals surface area contributed by atoms with Gasteiger partial charge in [0.05, 0.1) is 31.8 Å². The molecule has 0 fully saturated rings. The highest BCUT2D eigenvalue weighted by molar-refractivity contribution is 5.91. The van der Waals surface area contributed by atoms with Crippen LogP contribution < -0.4 is 0 Å². The molecule has 0 saturated heterocycles. The summed E-state index contributed by atoms with van der Waals surface area (Å²) >= 11 is 0. The molecule has 1 aliphatic rings. The second-order valence-electron chi connectivity index (χ2n) is 7.46. The zero-order chi connectivity index (χ0) is 21.7. The van der Waals surface area contributed by atoms with Crippen molar-refractivity contribution in [3.63, 3.8) is 0 Å². The van der Waals surface area contributed by atoms with E-state index < -0.39 is 24.0 Å². The Kier molecular flexibility index (Phi) is 7.02. The van der Waals surface area contributed by atoms with Crippen molar-refractivity contribution >= 4 is 5.97 Å². The van der Waals surface area contributed by atoms with Gasteiger partial charge >= 0.3 is 12.1 Å². The second-order valence-corrected chi connectivity index (χ2v) is 7.46. The Morgan fingerprint density at radius 3 is 2.63 bits per heavy atom. The number of carbonyl (C=O) groups excluding carboxylic acids is 1. The molecule has 0 N–H and O–H groups in total. The van der Waals surface area contributed by atoms with Crippen LogP contribution in [-0.2, 0) is 22.6 Å². The predicted octanol–water partition coefficient (Wildman–Crippen LogP) is 5.41. The summed E-state index contributed by atoms with van der Waals surface area (Å²) in [6.45, 7) is 2.74. The molecule has 7 heteroatoms. The summed E-state index contributed by atoms with van der Waals surface area (Å²) in [5.74, 6) is -2.88. The van der Waals surface area contributed by atoms with Crippen molar-refractivity contribution in [2.75, 3.05) is 13.7 Å². The van der Waals surface area contributed by atoms with Gasteiger partial charge in [0.2, 0.25) is 0 Å². The number of allylic oxidation sites excluding steroid dienone is 2. The van der Waals surface area contributed by atoms with Crippen molar-refractivity contribution in [2.24, 2.45) is 5.92 Å². The van der Waals surface area contributed by atoms with Crippen LogP contribution in [0.15, 0.2) is 48.7 Å². The molecule has 1 heterocycles. The molecule has 0 aliphatic heterocycles. The average molecular weight is 421 g/mol. The molecule has 30 heavy (non-hydrogen) atoms. The molecule has 0 bridgehead atoms. The van der Waals surface area contributed by atoms with Crippen LogP contribution >= 0.6 is 0 Å². The minimum absolute atomic E-state index is 0.0351. The Labute approximate surface area is 174 Å². The summed E-state index contributed by atoms with van der Waals surface area (Å²) in [6, 6.07) is 9.65. The number of aromatic nitrogens is 1. The van der Waals surface area contributed by atoms with Crippen LogP contribution in [-0.4, -0.2) is 30.4 Å². The number of alkyl halides is 3. The van der Waals surface area contributed by atoms with Gasteiger partial charge in [-0.2, -0.15) is 13.2 Å². The second kappa shape index (κ2) is 9.51. The number of benzene rings is 1. The van der Waals surface area contributed by atoms with E-state index in [9.17, 15) is 18.0 Å². The SMILES string of the molecule is COC(=O)c1cn(CCOCc2ccccc2)c([C@@H]2C=CCC[C@@H]2C(F)(F)F)c1C. The molecular formula is C23H26F3NO3. The molecule has 0 unspecified atom stereocenters. The van der Waals surface area contributed by atoms with Gasteiger partial charge in [-0.15, -0.1) is 0 Å². The van der Waals surface area contributed by atoms with Crippen LogP contribution in [0.4, 0.5) is 13.2 Å².